The highest BCUT2D eigenvalue weighted by Crippen LogP contribution is 2.39. The molecule has 10 aromatic rings. The van der Waals surface area contributed by atoms with Crippen molar-refractivity contribution in [3.63, 3.8) is 0 Å². The summed E-state index contributed by atoms with van der Waals surface area (Å²) < 4.78 is 6.34. The van der Waals surface area contributed by atoms with Gasteiger partial charge < -0.3 is 9.32 Å². The molecule has 0 radical (unpaired) electrons. The van der Waals surface area contributed by atoms with Crippen LogP contribution < -0.4 is 4.90 Å². The number of hydrogen-bond acceptors (Lipinski definition) is 3. The third-order valence-corrected chi connectivity index (χ3v) is 10.3. The van der Waals surface area contributed by atoms with Crippen LogP contribution in [0.4, 0.5) is 17.1 Å². The first-order valence-corrected chi connectivity index (χ1v) is 18.3. The zero-order valence-corrected chi connectivity index (χ0v) is 29.4. The summed E-state index contributed by atoms with van der Waals surface area (Å²) in [6.45, 7) is 0. The molecule has 0 spiro atoms. The van der Waals surface area contributed by atoms with Gasteiger partial charge in [0.15, 0.2) is 5.58 Å². The second kappa shape index (κ2) is 13.4. The van der Waals surface area contributed by atoms with E-state index in [2.05, 4.69) is 181 Å². The molecule has 0 aliphatic rings. The van der Waals surface area contributed by atoms with Gasteiger partial charge in [-0.15, -0.1) is 0 Å². The maximum Gasteiger partial charge on any atom is 0.227 e. The van der Waals surface area contributed by atoms with E-state index in [0.29, 0.717) is 5.89 Å². The van der Waals surface area contributed by atoms with E-state index in [0.717, 1.165) is 50.1 Å². The Bertz CT molecular complexity index is 2890. The van der Waals surface area contributed by atoms with E-state index in [1.807, 2.05) is 30.3 Å². The van der Waals surface area contributed by atoms with Gasteiger partial charge in [-0.05, 0) is 104 Å². The van der Waals surface area contributed by atoms with Gasteiger partial charge in [-0.3, -0.25) is 0 Å². The third-order valence-electron chi connectivity index (χ3n) is 10.3. The number of anilines is 3. The molecule has 0 atom stereocenters. The second-order valence-electron chi connectivity index (χ2n) is 13.6. The van der Waals surface area contributed by atoms with Crippen molar-refractivity contribution in [2.75, 3.05) is 4.90 Å². The zero-order chi connectivity index (χ0) is 35.8. The van der Waals surface area contributed by atoms with Crippen molar-refractivity contribution < 1.29 is 4.42 Å². The molecule has 254 valence electrons. The summed E-state index contributed by atoms with van der Waals surface area (Å²) in [7, 11) is 0. The summed E-state index contributed by atoms with van der Waals surface area (Å²) in [5.41, 5.74) is 13.1. The third kappa shape index (κ3) is 5.69. The monoisotopic (exact) mass is 690 g/mol. The van der Waals surface area contributed by atoms with E-state index in [4.69, 9.17) is 9.40 Å². The molecule has 1 aromatic heterocycles. The SMILES string of the molecule is c1ccc(-c2nc3ccc4c(-c5ccc(-c6ccc(N(c7ccccc7)c7ccc(-c8cccc9ccccc89)cc7)cc6)cc5)cccc4c3o2)cc1. The van der Waals surface area contributed by atoms with Crippen LogP contribution in [-0.4, -0.2) is 4.98 Å². The van der Waals surface area contributed by atoms with Crippen LogP contribution in [-0.2, 0) is 0 Å². The second-order valence-corrected chi connectivity index (χ2v) is 13.6. The first kappa shape index (κ1) is 31.5. The molecule has 3 heteroatoms. The van der Waals surface area contributed by atoms with Crippen molar-refractivity contribution in [2.24, 2.45) is 0 Å². The average Bonchev–Trinajstić information content (AvgIpc) is 3.70. The highest BCUT2D eigenvalue weighted by Gasteiger charge is 2.15. The standard InChI is InChI=1S/C51H34N2O/c1-3-12-40(13-4-1)51-52-49-34-33-47-46(19-10-20-48(47)50(49)54-51)38-23-21-35(22-24-38)36-25-29-42(30-26-36)53(41-15-5-2-6-16-41)43-31-27-39(28-32-43)45-18-9-14-37-11-7-8-17-44(37)45/h1-34H. The molecule has 54 heavy (non-hydrogen) atoms. The van der Waals surface area contributed by atoms with Crippen LogP contribution in [0.25, 0.3) is 77.5 Å². The molecule has 0 amide bonds. The predicted molar refractivity (Wildman–Crippen MR) is 225 cm³/mol. The molecule has 9 aromatic carbocycles. The molecule has 0 aliphatic heterocycles. The van der Waals surface area contributed by atoms with Crippen LogP contribution in [0.1, 0.15) is 0 Å². The number of benzene rings is 9. The molecule has 0 saturated carbocycles. The minimum Gasteiger partial charge on any atom is -0.435 e. The van der Waals surface area contributed by atoms with Crippen molar-refractivity contribution >= 4 is 49.7 Å². The van der Waals surface area contributed by atoms with Crippen LogP contribution in [0.15, 0.2) is 211 Å². The van der Waals surface area contributed by atoms with Gasteiger partial charge in [0.1, 0.15) is 5.52 Å². The Kier molecular flexibility index (Phi) is 7.81. The van der Waals surface area contributed by atoms with E-state index in [1.165, 1.54) is 38.6 Å². The smallest absolute Gasteiger partial charge is 0.227 e. The molecule has 1 heterocycles. The molecule has 0 aliphatic carbocycles. The van der Waals surface area contributed by atoms with Gasteiger partial charge >= 0.3 is 0 Å². The average molecular weight is 691 g/mol. The van der Waals surface area contributed by atoms with Gasteiger partial charge in [-0.2, -0.15) is 0 Å². The fraction of sp³-hybridized carbons (Fsp3) is 0. The lowest BCUT2D eigenvalue weighted by Crippen LogP contribution is -2.09. The largest absolute Gasteiger partial charge is 0.435 e. The highest BCUT2D eigenvalue weighted by atomic mass is 16.3. The van der Waals surface area contributed by atoms with Crippen LogP contribution in [0, 0.1) is 0 Å². The normalized spacial score (nSPS) is 11.3. The van der Waals surface area contributed by atoms with Crippen molar-refractivity contribution in [3.05, 3.63) is 206 Å². The van der Waals surface area contributed by atoms with Crippen molar-refractivity contribution in [3.8, 4) is 44.8 Å². The number of fused-ring (bicyclic) bond motifs is 4. The fourth-order valence-electron chi connectivity index (χ4n) is 7.64. The molecule has 0 saturated heterocycles. The molecular formula is C51H34N2O. The van der Waals surface area contributed by atoms with Crippen molar-refractivity contribution in [2.45, 2.75) is 0 Å². The predicted octanol–water partition coefficient (Wildman–Crippen LogP) is 14.3. The first-order chi connectivity index (χ1) is 26.8. The van der Waals surface area contributed by atoms with Gasteiger partial charge in [0.25, 0.3) is 0 Å². The first-order valence-electron chi connectivity index (χ1n) is 18.3. The van der Waals surface area contributed by atoms with E-state index >= 15 is 0 Å². The number of nitrogens with zero attached hydrogens (tertiary/aromatic N) is 2. The molecule has 3 nitrogen and oxygen atoms in total. The summed E-state index contributed by atoms with van der Waals surface area (Å²) in [5.74, 6) is 0.639. The van der Waals surface area contributed by atoms with E-state index in [1.54, 1.807) is 0 Å². The Balaban J connectivity index is 0.945. The van der Waals surface area contributed by atoms with Gasteiger partial charge in [-0.25, -0.2) is 4.98 Å². The lowest BCUT2D eigenvalue weighted by molar-refractivity contribution is 0.623. The number of para-hydroxylation sites is 1. The number of oxazole rings is 1. The van der Waals surface area contributed by atoms with E-state index < -0.39 is 0 Å². The number of hydrogen-bond donors (Lipinski definition) is 0. The van der Waals surface area contributed by atoms with Gasteiger partial charge in [0, 0.05) is 28.0 Å². The van der Waals surface area contributed by atoms with Gasteiger partial charge in [0.05, 0.1) is 0 Å². The van der Waals surface area contributed by atoms with E-state index in [9.17, 15) is 0 Å². The summed E-state index contributed by atoms with van der Waals surface area (Å²) in [6.07, 6.45) is 0. The molecular weight excluding hydrogens is 657 g/mol. The van der Waals surface area contributed by atoms with Gasteiger partial charge in [-0.1, -0.05) is 152 Å². The molecule has 0 unspecified atom stereocenters. The Morgan fingerprint density at radius 2 is 0.833 bits per heavy atom. The lowest BCUT2D eigenvalue weighted by atomic mass is 9.95. The number of rotatable bonds is 7. The summed E-state index contributed by atoms with van der Waals surface area (Å²) in [6, 6.07) is 73.0. The Morgan fingerprint density at radius 1 is 0.333 bits per heavy atom. The lowest BCUT2D eigenvalue weighted by Gasteiger charge is -2.26. The van der Waals surface area contributed by atoms with Gasteiger partial charge in [0.2, 0.25) is 5.89 Å². The number of aromatic nitrogens is 1. The van der Waals surface area contributed by atoms with Crippen LogP contribution in [0.3, 0.4) is 0 Å². The molecule has 0 N–H and O–H groups in total. The molecule has 0 bridgehead atoms. The Hall–Kier alpha value is -7.23. The van der Waals surface area contributed by atoms with Crippen LogP contribution >= 0.6 is 0 Å². The topological polar surface area (TPSA) is 29.3 Å². The summed E-state index contributed by atoms with van der Waals surface area (Å²) in [5, 5.41) is 4.72. The van der Waals surface area contributed by atoms with Crippen molar-refractivity contribution in [1.29, 1.82) is 0 Å². The molecule has 0 fully saturated rings. The maximum absolute atomic E-state index is 6.34. The molecule has 10 rings (SSSR count). The van der Waals surface area contributed by atoms with Crippen LogP contribution in [0.2, 0.25) is 0 Å². The van der Waals surface area contributed by atoms with Crippen LogP contribution in [0.5, 0.6) is 0 Å². The quantitative estimate of drug-likeness (QED) is 0.167. The minimum absolute atomic E-state index is 0.639. The highest BCUT2D eigenvalue weighted by molar-refractivity contribution is 6.09. The van der Waals surface area contributed by atoms with E-state index in [-0.39, 0.29) is 0 Å². The minimum atomic E-state index is 0.639. The fourth-order valence-corrected chi connectivity index (χ4v) is 7.64. The zero-order valence-electron chi connectivity index (χ0n) is 29.4. The summed E-state index contributed by atoms with van der Waals surface area (Å²) >= 11 is 0. The maximum atomic E-state index is 6.34. The Morgan fingerprint density at radius 3 is 1.54 bits per heavy atom. The van der Waals surface area contributed by atoms with Crippen molar-refractivity contribution in [1.82, 2.24) is 4.98 Å². The Labute approximate surface area is 314 Å². The summed E-state index contributed by atoms with van der Waals surface area (Å²) in [4.78, 5) is 7.10.